The van der Waals surface area contributed by atoms with E-state index in [1.54, 1.807) is 0 Å². The van der Waals surface area contributed by atoms with Gasteiger partial charge in [-0.25, -0.2) is 0 Å². The molecule has 0 saturated heterocycles. The summed E-state index contributed by atoms with van der Waals surface area (Å²) in [5.74, 6) is 1.44. The summed E-state index contributed by atoms with van der Waals surface area (Å²) in [6, 6.07) is 8.06. The molecule has 0 aliphatic heterocycles. The number of fused-ring (bicyclic) bond motifs is 1. The number of hydrogen-bond donors (Lipinski definition) is 1. The highest BCUT2D eigenvalue weighted by Gasteiger charge is 2.37. The molecule has 19 heavy (non-hydrogen) atoms. The SMILES string of the molecule is CCOC(C1CC1)C(N)c1cc2cccc(C)c2o1. The Morgan fingerprint density at radius 3 is 2.84 bits per heavy atom. The quantitative estimate of drug-likeness (QED) is 0.893. The van der Waals surface area contributed by atoms with Gasteiger partial charge in [0.05, 0.1) is 12.1 Å². The van der Waals surface area contributed by atoms with Gasteiger partial charge in [0.2, 0.25) is 0 Å². The summed E-state index contributed by atoms with van der Waals surface area (Å²) < 4.78 is 11.8. The van der Waals surface area contributed by atoms with E-state index in [1.807, 2.05) is 13.0 Å². The molecule has 1 aliphatic rings. The number of nitrogens with two attached hydrogens (primary N) is 1. The molecule has 1 saturated carbocycles. The monoisotopic (exact) mass is 259 g/mol. The maximum Gasteiger partial charge on any atom is 0.137 e. The third-order valence-electron chi connectivity index (χ3n) is 3.89. The Bertz CT molecular complexity index is 571. The summed E-state index contributed by atoms with van der Waals surface area (Å²) in [6.45, 7) is 4.78. The molecule has 0 amide bonds. The van der Waals surface area contributed by atoms with Crippen LogP contribution in [0.2, 0.25) is 0 Å². The second-order valence-corrected chi connectivity index (χ2v) is 5.43. The molecule has 3 heteroatoms. The normalized spacial score (nSPS) is 18.7. The van der Waals surface area contributed by atoms with Gasteiger partial charge in [-0.05, 0) is 44.2 Å². The van der Waals surface area contributed by atoms with E-state index in [0.29, 0.717) is 12.5 Å². The van der Waals surface area contributed by atoms with E-state index < -0.39 is 0 Å². The lowest BCUT2D eigenvalue weighted by atomic mass is 10.0. The highest BCUT2D eigenvalue weighted by molar-refractivity contribution is 5.81. The van der Waals surface area contributed by atoms with Crippen LogP contribution in [0.5, 0.6) is 0 Å². The lowest BCUT2D eigenvalue weighted by Crippen LogP contribution is -2.30. The molecule has 1 heterocycles. The van der Waals surface area contributed by atoms with E-state index >= 15 is 0 Å². The van der Waals surface area contributed by atoms with Gasteiger partial charge < -0.3 is 14.9 Å². The van der Waals surface area contributed by atoms with Crippen LogP contribution >= 0.6 is 0 Å². The predicted octanol–water partition coefficient (Wildman–Crippen LogP) is 3.56. The summed E-state index contributed by atoms with van der Waals surface area (Å²) in [5, 5.41) is 1.12. The molecule has 2 unspecified atom stereocenters. The van der Waals surface area contributed by atoms with Gasteiger partial charge in [0, 0.05) is 12.0 Å². The number of aryl methyl sites for hydroxylation is 1. The Balaban J connectivity index is 1.91. The Labute approximate surface area is 113 Å². The number of hydrogen-bond acceptors (Lipinski definition) is 3. The van der Waals surface area contributed by atoms with Gasteiger partial charge in [0.1, 0.15) is 11.3 Å². The second-order valence-electron chi connectivity index (χ2n) is 5.43. The molecule has 0 bridgehead atoms. The van der Waals surface area contributed by atoms with Crippen molar-refractivity contribution in [1.29, 1.82) is 0 Å². The molecule has 1 fully saturated rings. The zero-order valence-corrected chi connectivity index (χ0v) is 11.6. The summed E-state index contributed by atoms with van der Waals surface area (Å²) in [6.07, 6.45) is 2.53. The van der Waals surface area contributed by atoms with Crippen molar-refractivity contribution in [3.8, 4) is 0 Å². The van der Waals surface area contributed by atoms with E-state index in [1.165, 1.54) is 12.8 Å². The zero-order valence-electron chi connectivity index (χ0n) is 11.6. The first-order chi connectivity index (χ1) is 9.20. The summed E-state index contributed by atoms with van der Waals surface area (Å²) >= 11 is 0. The van der Waals surface area contributed by atoms with Gasteiger partial charge in [-0.2, -0.15) is 0 Å². The molecule has 0 spiro atoms. The fourth-order valence-corrected chi connectivity index (χ4v) is 2.71. The predicted molar refractivity (Wildman–Crippen MR) is 76.0 cm³/mol. The van der Waals surface area contributed by atoms with Crippen LogP contribution in [0.25, 0.3) is 11.0 Å². The van der Waals surface area contributed by atoms with Crippen LogP contribution in [0, 0.1) is 12.8 Å². The Hall–Kier alpha value is -1.32. The first kappa shape index (κ1) is 12.7. The van der Waals surface area contributed by atoms with Crippen LogP contribution in [0.1, 0.15) is 37.1 Å². The van der Waals surface area contributed by atoms with Crippen molar-refractivity contribution in [3.05, 3.63) is 35.6 Å². The molecule has 102 valence electrons. The van der Waals surface area contributed by atoms with Crippen molar-refractivity contribution in [2.75, 3.05) is 6.61 Å². The Kier molecular flexibility index (Phi) is 3.33. The third kappa shape index (κ3) is 2.40. The number of benzene rings is 1. The van der Waals surface area contributed by atoms with E-state index in [2.05, 4.69) is 25.1 Å². The number of furan rings is 1. The van der Waals surface area contributed by atoms with Crippen LogP contribution in [0.3, 0.4) is 0 Å². The van der Waals surface area contributed by atoms with Crippen LogP contribution in [-0.2, 0) is 4.74 Å². The summed E-state index contributed by atoms with van der Waals surface area (Å²) in [7, 11) is 0. The number of ether oxygens (including phenoxy) is 1. The van der Waals surface area contributed by atoms with Crippen molar-refractivity contribution < 1.29 is 9.15 Å². The van der Waals surface area contributed by atoms with Crippen molar-refractivity contribution in [1.82, 2.24) is 0 Å². The van der Waals surface area contributed by atoms with Crippen molar-refractivity contribution >= 4 is 11.0 Å². The molecule has 3 nitrogen and oxygen atoms in total. The lowest BCUT2D eigenvalue weighted by molar-refractivity contribution is 0.0238. The molecule has 1 aromatic heterocycles. The molecule has 3 rings (SSSR count). The summed E-state index contributed by atoms with van der Waals surface area (Å²) in [5.41, 5.74) is 8.45. The largest absolute Gasteiger partial charge is 0.459 e. The average Bonchev–Trinajstić information content (AvgIpc) is 3.14. The Morgan fingerprint density at radius 2 is 2.21 bits per heavy atom. The number of rotatable bonds is 5. The fourth-order valence-electron chi connectivity index (χ4n) is 2.71. The van der Waals surface area contributed by atoms with Crippen LogP contribution in [-0.4, -0.2) is 12.7 Å². The molecule has 2 atom stereocenters. The minimum atomic E-state index is -0.167. The standard InChI is InChI=1S/C16H21NO2/c1-3-18-16(11-7-8-11)14(17)13-9-12-6-4-5-10(2)15(12)19-13/h4-6,9,11,14,16H,3,7-8,17H2,1-2H3. The van der Waals surface area contributed by atoms with Crippen molar-refractivity contribution in [3.63, 3.8) is 0 Å². The molecule has 1 aromatic carbocycles. The maximum absolute atomic E-state index is 6.36. The molecule has 1 aliphatic carbocycles. The van der Waals surface area contributed by atoms with Crippen LogP contribution < -0.4 is 5.73 Å². The molecular formula is C16H21NO2. The topological polar surface area (TPSA) is 48.4 Å². The first-order valence-corrected chi connectivity index (χ1v) is 7.07. The van der Waals surface area contributed by atoms with Gasteiger partial charge in [0.25, 0.3) is 0 Å². The fraction of sp³-hybridized carbons (Fsp3) is 0.500. The molecule has 2 N–H and O–H groups in total. The third-order valence-corrected chi connectivity index (χ3v) is 3.89. The summed E-state index contributed by atoms with van der Waals surface area (Å²) in [4.78, 5) is 0. The number of para-hydroxylation sites is 1. The smallest absolute Gasteiger partial charge is 0.137 e. The van der Waals surface area contributed by atoms with Crippen molar-refractivity contribution in [2.45, 2.75) is 38.8 Å². The van der Waals surface area contributed by atoms with E-state index in [4.69, 9.17) is 14.9 Å². The second kappa shape index (κ2) is 4.99. The van der Waals surface area contributed by atoms with Gasteiger partial charge in [-0.1, -0.05) is 18.2 Å². The highest BCUT2D eigenvalue weighted by Crippen LogP contribution is 2.40. The van der Waals surface area contributed by atoms with Crippen LogP contribution in [0.15, 0.2) is 28.7 Å². The van der Waals surface area contributed by atoms with E-state index in [9.17, 15) is 0 Å². The van der Waals surface area contributed by atoms with Crippen molar-refractivity contribution in [2.24, 2.45) is 11.7 Å². The zero-order chi connectivity index (χ0) is 13.4. The highest BCUT2D eigenvalue weighted by atomic mass is 16.5. The average molecular weight is 259 g/mol. The van der Waals surface area contributed by atoms with Gasteiger partial charge in [0.15, 0.2) is 0 Å². The maximum atomic E-state index is 6.36. The molecule has 0 radical (unpaired) electrons. The minimum Gasteiger partial charge on any atom is -0.459 e. The molecule has 2 aromatic rings. The van der Waals surface area contributed by atoms with Crippen LogP contribution in [0.4, 0.5) is 0 Å². The molecular weight excluding hydrogens is 238 g/mol. The minimum absolute atomic E-state index is 0.0888. The van der Waals surface area contributed by atoms with E-state index in [0.717, 1.165) is 22.3 Å². The van der Waals surface area contributed by atoms with Gasteiger partial charge in [-0.3, -0.25) is 0 Å². The first-order valence-electron chi connectivity index (χ1n) is 7.07. The van der Waals surface area contributed by atoms with Gasteiger partial charge in [-0.15, -0.1) is 0 Å². The Morgan fingerprint density at radius 1 is 1.42 bits per heavy atom. The lowest BCUT2D eigenvalue weighted by Gasteiger charge is -2.21. The van der Waals surface area contributed by atoms with Gasteiger partial charge >= 0.3 is 0 Å². The van der Waals surface area contributed by atoms with E-state index in [-0.39, 0.29) is 12.1 Å².